The summed E-state index contributed by atoms with van der Waals surface area (Å²) in [5.41, 5.74) is 1.57. The summed E-state index contributed by atoms with van der Waals surface area (Å²) in [4.78, 5) is 0. The fourth-order valence-electron chi connectivity index (χ4n) is 3.57. The molecule has 0 spiro atoms. The lowest BCUT2D eigenvalue weighted by Gasteiger charge is -2.42. The van der Waals surface area contributed by atoms with E-state index in [1.165, 1.54) is 0 Å². The standard InChI is InChI=1S/C18H31BrO3Si/c1-13(2)23(14(3)4,15(5)6)21-12-18(11-20)22-17-9-7-16(19)8-10-17/h7-10,13-15,18,20H,11-12H2,1-6H3/t18-/m0/s1. The lowest BCUT2D eigenvalue weighted by atomic mass is 10.3. The van der Waals surface area contributed by atoms with Crippen molar-refractivity contribution in [3.8, 4) is 5.75 Å². The van der Waals surface area contributed by atoms with Crippen LogP contribution >= 0.6 is 15.9 Å². The summed E-state index contributed by atoms with van der Waals surface area (Å²) in [7, 11) is -1.93. The number of aliphatic hydroxyl groups excluding tert-OH is 1. The summed E-state index contributed by atoms with van der Waals surface area (Å²) in [5, 5.41) is 9.66. The molecule has 0 saturated carbocycles. The number of ether oxygens (including phenoxy) is 1. The van der Waals surface area contributed by atoms with Gasteiger partial charge in [-0.3, -0.25) is 0 Å². The zero-order chi connectivity index (χ0) is 17.6. The maximum absolute atomic E-state index is 9.66. The van der Waals surface area contributed by atoms with Crippen LogP contribution in [-0.2, 0) is 4.43 Å². The third-order valence-corrected chi connectivity index (χ3v) is 11.2. The number of benzene rings is 1. The SMILES string of the molecule is CC(C)[Si](OC[C@H](CO)Oc1ccc(Br)cc1)(C(C)C)C(C)C. The van der Waals surface area contributed by atoms with Gasteiger partial charge in [-0.25, -0.2) is 0 Å². The zero-order valence-electron chi connectivity index (χ0n) is 15.2. The van der Waals surface area contributed by atoms with E-state index in [1.807, 2.05) is 24.3 Å². The molecule has 0 fully saturated rings. The fourth-order valence-corrected chi connectivity index (χ4v) is 9.31. The Labute approximate surface area is 150 Å². The van der Waals surface area contributed by atoms with E-state index in [4.69, 9.17) is 9.16 Å². The van der Waals surface area contributed by atoms with Gasteiger partial charge in [0.1, 0.15) is 11.9 Å². The van der Waals surface area contributed by atoms with Crippen LogP contribution in [0.5, 0.6) is 5.75 Å². The van der Waals surface area contributed by atoms with Gasteiger partial charge >= 0.3 is 0 Å². The Bertz CT molecular complexity index is 438. The minimum Gasteiger partial charge on any atom is -0.486 e. The molecule has 1 aromatic rings. The van der Waals surface area contributed by atoms with E-state index >= 15 is 0 Å². The number of hydrogen-bond acceptors (Lipinski definition) is 3. The van der Waals surface area contributed by atoms with Crippen molar-refractivity contribution >= 4 is 24.2 Å². The van der Waals surface area contributed by atoms with Gasteiger partial charge in [0.15, 0.2) is 0 Å². The van der Waals surface area contributed by atoms with Crippen molar-refractivity contribution in [3.05, 3.63) is 28.7 Å². The van der Waals surface area contributed by atoms with Gasteiger partial charge in [0.25, 0.3) is 0 Å². The van der Waals surface area contributed by atoms with Crippen LogP contribution in [0.2, 0.25) is 16.6 Å². The molecule has 23 heavy (non-hydrogen) atoms. The van der Waals surface area contributed by atoms with Crippen LogP contribution in [0.3, 0.4) is 0 Å². The van der Waals surface area contributed by atoms with E-state index in [1.54, 1.807) is 0 Å². The summed E-state index contributed by atoms with van der Waals surface area (Å²) in [6.45, 7) is 13.9. The van der Waals surface area contributed by atoms with Gasteiger partial charge in [0.05, 0.1) is 13.2 Å². The van der Waals surface area contributed by atoms with Crippen LogP contribution < -0.4 is 4.74 Å². The first kappa shape index (κ1) is 20.7. The second-order valence-electron chi connectivity index (χ2n) is 7.01. The molecule has 0 amide bonds. The largest absolute Gasteiger partial charge is 0.486 e. The predicted molar refractivity (Wildman–Crippen MR) is 103 cm³/mol. The van der Waals surface area contributed by atoms with Gasteiger partial charge in [-0.05, 0) is 40.9 Å². The lowest BCUT2D eigenvalue weighted by Crippen LogP contribution is -2.49. The maximum atomic E-state index is 9.66. The third-order valence-electron chi connectivity index (χ3n) is 4.55. The lowest BCUT2D eigenvalue weighted by molar-refractivity contribution is 0.0651. The molecule has 1 aromatic carbocycles. The molecular formula is C18H31BrO3Si. The first-order valence-corrected chi connectivity index (χ1v) is 11.3. The summed E-state index contributed by atoms with van der Waals surface area (Å²) in [6.07, 6.45) is -0.334. The van der Waals surface area contributed by atoms with Gasteiger partial charge in [0, 0.05) is 4.47 Å². The predicted octanol–water partition coefficient (Wildman–Crippen LogP) is 5.38. The van der Waals surface area contributed by atoms with Crippen molar-refractivity contribution < 1.29 is 14.3 Å². The molecule has 5 heteroatoms. The zero-order valence-corrected chi connectivity index (χ0v) is 17.8. The highest BCUT2D eigenvalue weighted by Crippen LogP contribution is 2.42. The Hall–Kier alpha value is -0.363. The number of aliphatic hydroxyl groups is 1. The van der Waals surface area contributed by atoms with E-state index in [-0.39, 0.29) is 12.7 Å². The molecule has 132 valence electrons. The molecule has 1 N–H and O–H groups in total. The average Bonchev–Trinajstić information content (AvgIpc) is 2.47. The summed E-state index contributed by atoms with van der Waals surface area (Å²) in [6, 6.07) is 7.65. The molecule has 0 heterocycles. The summed E-state index contributed by atoms with van der Waals surface area (Å²) >= 11 is 3.41. The second-order valence-corrected chi connectivity index (χ2v) is 13.4. The van der Waals surface area contributed by atoms with Crippen molar-refractivity contribution in [2.45, 2.75) is 64.3 Å². The van der Waals surface area contributed by atoms with Crippen LogP contribution in [0.1, 0.15) is 41.5 Å². The summed E-state index contributed by atoms with van der Waals surface area (Å²) in [5.74, 6) is 0.752. The Morgan fingerprint density at radius 1 is 0.957 bits per heavy atom. The molecule has 0 radical (unpaired) electrons. The minimum absolute atomic E-state index is 0.0468. The van der Waals surface area contributed by atoms with E-state index in [0.29, 0.717) is 23.2 Å². The Morgan fingerprint density at radius 3 is 1.83 bits per heavy atom. The number of halogens is 1. The van der Waals surface area contributed by atoms with Gasteiger partial charge in [-0.1, -0.05) is 57.5 Å². The molecule has 0 aromatic heterocycles. The van der Waals surface area contributed by atoms with Crippen LogP contribution in [0.15, 0.2) is 28.7 Å². The molecule has 0 aliphatic rings. The molecule has 0 bridgehead atoms. The minimum atomic E-state index is -1.93. The quantitative estimate of drug-likeness (QED) is 0.563. The molecule has 1 atom stereocenters. The van der Waals surface area contributed by atoms with E-state index < -0.39 is 8.32 Å². The van der Waals surface area contributed by atoms with Crippen molar-refractivity contribution in [1.29, 1.82) is 0 Å². The van der Waals surface area contributed by atoms with Crippen LogP contribution in [0.25, 0.3) is 0 Å². The smallest absolute Gasteiger partial charge is 0.200 e. The topological polar surface area (TPSA) is 38.7 Å². The van der Waals surface area contributed by atoms with Crippen molar-refractivity contribution in [2.75, 3.05) is 13.2 Å². The first-order chi connectivity index (χ1) is 10.7. The molecular weight excluding hydrogens is 372 g/mol. The molecule has 3 nitrogen and oxygen atoms in total. The number of rotatable bonds is 9. The van der Waals surface area contributed by atoms with Gasteiger partial charge in [0.2, 0.25) is 8.32 Å². The highest BCUT2D eigenvalue weighted by atomic mass is 79.9. The Balaban J connectivity index is 2.79. The van der Waals surface area contributed by atoms with Crippen molar-refractivity contribution in [1.82, 2.24) is 0 Å². The van der Waals surface area contributed by atoms with E-state index in [9.17, 15) is 5.11 Å². The average molecular weight is 403 g/mol. The fraction of sp³-hybridized carbons (Fsp3) is 0.667. The van der Waals surface area contributed by atoms with Crippen LogP contribution in [0.4, 0.5) is 0 Å². The molecule has 0 unspecified atom stereocenters. The van der Waals surface area contributed by atoms with E-state index in [0.717, 1.165) is 10.2 Å². The molecule has 1 rings (SSSR count). The molecule has 0 aliphatic heterocycles. The van der Waals surface area contributed by atoms with E-state index in [2.05, 4.69) is 57.5 Å². The third kappa shape index (κ3) is 5.31. The van der Waals surface area contributed by atoms with Crippen LogP contribution in [-0.4, -0.2) is 32.7 Å². The first-order valence-electron chi connectivity index (χ1n) is 8.41. The maximum Gasteiger partial charge on any atom is 0.200 e. The van der Waals surface area contributed by atoms with Crippen LogP contribution in [0, 0.1) is 0 Å². The van der Waals surface area contributed by atoms with Gasteiger partial charge in [-0.2, -0.15) is 0 Å². The highest BCUT2D eigenvalue weighted by molar-refractivity contribution is 9.10. The molecule has 0 aliphatic carbocycles. The van der Waals surface area contributed by atoms with Crippen molar-refractivity contribution in [3.63, 3.8) is 0 Å². The highest BCUT2D eigenvalue weighted by Gasteiger charge is 2.45. The molecule has 0 saturated heterocycles. The second kappa shape index (κ2) is 9.21. The Kier molecular flexibility index (Phi) is 8.28. The summed E-state index contributed by atoms with van der Waals surface area (Å²) < 4.78 is 13.4. The normalized spacial score (nSPS) is 13.9. The Morgan fingerprint density at radius 2 is 1.43 bits per heavy atom. The number of hydrogen-bond donors (Lipinski definition) is 1. The monoisotopic (exact) mass is 402 g/mol. The van der Waals surface area contributed by atoms with Crippen molar-refractivity contribution in [2.24, 2.45) is 0 Å². The van der Waals surface area contributed by atoms with Gasteiger partial charge in [-0.15, -0.1) is 0 Å². The van der Waals surface area contributed by atoms with Gasteiger partial charge < -0.3 is 14.3 Å².